The summed E-state index contributed by atoms with van der Waals surface area (Å²) in [7, 11) is 0. The Morgan fingerprint density at radius 1 is 1.02 bits per heavy atom. The van der Waals surface area contributed by atoms with E-state index >= 15 is 4.79 Å². The first-order valence-electron chi connectivity index (χ1n) is 15.6. The van der Waals surface area contributed by atoms with Gasteiger partial charge in [-0.15, -0.1) is 24.9 Å². The van der Waals surface area contributed by atoms with Gasteiger partial charge in [-0.3, -0.25) is 14.4 Å². The summed E-state index contributed by atoms with van der Waals surface area (Å²) in [6, 6.07) is 14.0. The number of hydrogen-bond donors (Lipinski definition) is 1. The van der Waals surface area contributed by atoms with Crippen molar-refractivity contribution in [3.63, 3.8) is 0 Å². The average Bonchev–Trinajstić information content (AvgIpc) is 3.59. The summed E-state index contributed by atoms with van der Waals surface area (Å²) < 4.78 is -0.811. The predicted octanol–water partition coefficient (Wildman–Crippen LogP) is 5.40. The minimum Gasteiger partial charge on any atom is -0.394 e. The molecule has 0 radical (unpaired) electrons. The zero-order valence-electron chi connectivity index (χ0n) is 26.5. The van der Waals surface area contributed by atoms with E-state index < -0.39 is 28.7 Å². The normalized spacial score (nSPS) is 27.8. The SMILES string of the molecule is C=CCN(C(=O)[C@@H]1[C@@H]2CC(C)C3(S2)C(C(=O)N(CC=C)c2c(C)cccc2C)N([C@@H](CO)C(C)C)C(=O)[C@H]13)c1ccccc1. The van der Waals surface area contributed by atoms with Crippen LogP contribution in [0.25, 0.3) is 0 Å². The molecule has 7 atom stereocenters. The summed E-state index contributed by atoms with van der Waals surface area (Å²) >= 11 is 1.66. The van der Waals surface area contributed by atoms with E-state index in [-0.39, 0.29) is 48.0 Å². The summed E-state index contributed by atoms with van der Waals surface area (Å²) in [5.41, 5.74) is 3.48. The van der Waals surface area contributed by atoms with Crippen molar-refractivity contribution < 1.29 is 19.5 Å². The van der Waals surface area contributed by atoms with Crippen molar-refractivity contribution in [1.82, 2.24) is 4.90 Å². The summed E-state index contributed by atoms with van der Waals surface area (Å²) in [5, 5.41) is 10.6. The number of benzene rings is 2. The number of para-hydroxylation sites is 2. The molecular weight excluding hydrogens is 570 g/mol. The standard InChI is InChI=1S/C36H45N3O4S/c1-8-18-37(26-16-11-10-12-17-26)33(41)29-28-20-25(7)36(44-28)30(29)34(42)39(27(21-40)22(3)4)32(36)35(43)38(19-9-2)31-23(5)14-13-15-24(31)6/h8-17,22,25,27-30,32,40H,1-2,18-21H2,3-7H3/t25?,27-,28-,29+,30-,32?,36?/m0/s1. The fourth-order valence-electron chi connectivity index (χ4n) is 8.04. The summed E-state index contributed by atoms with van der Waals surface area (Å²) in [6.07, 6.45) is 4.15. The topological polar surface area (TPSA) is 81.2 Å². The molecule has 3 aliphatic rings. The molecule has 0 saturated carbocycles. The van der Waals surface area contributed by atoms with E-state index in [0.717, 1.165) is 28.9 Å². The third kappa shape index (κ3) is 4.91. The molecule has 3 saturated heterocycles. The average molecular weight is 616 g/mol. The number of anilines is 2. The van der Waals surface area contributed by atoms with Gasteiger partial charge in [0.15, 0.2) is 0 Å². The van der Waals surface area contributed by atoms with Crippen LogP contribution in [0.1, 0.15) is 38.3 Å². The lowest BCUT2D eigenvalue weighted by Gasteiger charge is -2.43. The zero-order chi connectivity index (χ0) is 31.9. The van der Waals surface area contributed by atoms with Crippen LogP contribution in [0.3, 0.4) is 0 Å². The minimum atomic E-state index is -0.842. The van der Waals surface area contributed by atoms with Gasteiger partial charge < -0.3 is 19.8 Å². The number of rotatable bonds is 11. The maximum absolute atomic E-state index is 15.1. The van der Waals surface area contributed by atoms with E-state index in [4.69, 9.17) is 0 Å². The number of nitrogens with zero attached hydrogens (tertiary/aromatic N) is 3. The van der Waals surface area contributed by atoms with E-state index in [9.17, 15) is 14.7 Å². The molecule has 234 valence electrons. The molecule has 2 bridgehead atoms. The molecule has 3 amide bonds. The maximum atomic E-state index is 15.1. The van der Waals surface area contributed by atoms with Gasteiger partial charge in [-0.25, -0.2) is 0 Å². The van der Waals surface area contributed by atoms with Gasteiger partial charge in [0.25, 0.3) is 5.91 Å². The first kappa shape index (κ1) is 32.0. The fourth-order valence-corrected chi connectivity index (χ4v) is 10.4. The number of aryl methyl sites for hydroxylation is 2. The van der Waals surface area contributed by atoms with Gasteiger partial charge in [0.05, 0.1) is 29.2 Å². The Labute approximate surface area is 266 Å². The second kappa shape index (κ2) is 12.6. The molecule has 3 fully saturated rings. The Bertz CT molecular complexity index is 1420. The summed E-state index contributed by atoms with van der Waals surface area (Å²) in [5.74, 6) is -1.88. The van der Waals surface area contributed by atoms with Crippen LogP contribution in [0.2, 0.25) is 0 Å². The van der Waals surface area contributed by atoms with Gasteiger partial charge in [-0.1, -0.05) is 69.3 Å². The lowest BCUT2D eigenvalue weighted by molar-refractivity contribution is -0.142. The Balaban J connectivity index is 1.66. The van der Waals surface area contributed by atoms with Crippen LogP contribution in [0, 0.1) is 37.5 Å². The molecule has 3 unspecified atom stereocenters. The van der Waals surface area contributed by atoms with Crippen LogP contribution in [-0.2, 0) is 14.4 Å². The molecule has 44 heavy (non-hydrogen) atoms. The van der Waals surface area contributed by atoms with E-state index in [0.29, 0.717) is 6.54 Å². The fraction of sp³-hybridized carbons (Fsp3) is 0.472. The quantitative estimate of drug-likeness (QED) is 0.343. The summed E-state index contributed by atoms with van der Waals surface area (Å²) in [6.45, 7) is 18.2. The molecule has 7 nitrogen and oxygen atoms in total. The smallest absolute Gasteiger partial charge is 0.251 e. The number of aliphatic hydroxyl groups excluding tert-OH is 1. The van der Waals surface area contributed by atoms with Gasteiger partial charge in [0, 0.05) is 29.7 Å². The van der Waals surface area contributed by atoms with E-state index in [1.54, 1.807) is 38.6 Å². The van der Waals surface area contributed by atoms with Crippen molar-refractivity contribution in [1.29, 1.82) is 0 Å². The predicted molar refractivity (Wildman–Crippen MR) is 179 cm³/mol. The molecule has 1 spiro atoms. The van der Waals surface area contributed by atoms with Crippen LogP contribution in [-0.4, -0.2) is 69.5 Å². The highest BCUT2D eigenvalue weighted by Gasteiger charge is 2.77. The monoisotopic (exact) mass is 615 g/mol. The molecule has 2 aromatic rings. The van der Waals surface area contributed by atoms with Crippen LogP contribution < -0.4 is 9.80 Å². The van der Waals surface area contributed by atoms with Gasteiger partial charge in [-0.05, 0) is 55.4 Å². The van der Waals surface area contributed by atoms with Crippen LogP contribution >= 0.6 is 11.8 Å². The number of aliphatic hydroxyl groups is 1. The molecular formula is C36H45N3O4S. The Morgan fingerprint density at radius 2 is 1.64 bits per heavy atom. The zero-order valence-corrected chi connectivity index (χ0v) is 27.3. The van der Waals surface area contributed by atoms with Gasteiger partial charge in [0.1, 0.15) is 6.04 Å². The van der Waals surface area contributed by atoms with Crippen LogP contribution in [0.5, 0.6) is 0 Å². The summed E-state index contributed by atoms with van der Waals surface area (Å²) in [4.78, 5) is 49.7. The largest absolute Gasteiger partial charge is 0.394 e. The van der Waals surface area contributed by atoms with Crippen molar-refractivity contribution in [2.45, 2.75) is 63.1 Å². The number of thioether (sulfide) groups is 1. The second-order valence-corrected chi connectivity index (χ2v) is 14.4. The number of carbonyl (C=O) groups is 3. The van der Waals surface area contributed by atoms with Crippen molar-refractivity contribution in [3.05, 3.63) is 85.0 Å². The Kier molecular flexibility index (Phi) is 9.15. The molecule has 8 heteroatoms. The number of hydrogen-bond acceptors (Lipinski definition) is 5. The van der Waals surface area contributed by atoms with Gasteiger partial charge >= 0.3 is 0 Å². The molecule has 2 aromatic carbocycles. The lowest BCUT2D eigenvalue weighted by atomic mass is 9.65. The molecule has 0 aliphatic carbocycles. The number of amides is 3. The molecule has 5 rings (SSSR count). The van der Waals surface area contributed by atoms with Gasteiger partial charge in [0.2, 0.25) is 11.8 Å². The van der Waals surface area contributed by atoms with Crippen LogP contribution in [0.4, 0.5) is 11.4 Å². The Morgan fingerprint density at radius 3 is 2.20 bits per heavy atom. The van der Waals surface area contributed by atoms with E-state index in [1.807, 2.05) is 76.2 Å². The van der Waals surface area contributed by atoms with Gasteiger partial charge in [-0.2, -0.15) is 0 Å². The first-order chi connectivity index (χ1) is 21.0. The van der Waals surface area contributed by atoms with Crippen molar-refractivity contribution in [2.24, 2.45) is 23.7 Å². The highest BCUT2D eigenvalue weighted by Crippen LogP contribution is 2.69. The second-order valence-electron chi connectivity index (χ2n) is 12.8. The Hall–Kier alpha value is -3.36. The molecule has 0 aromatic heterocycles. The van der Waals surface area contributed by atoms with E-state index in [2.05, 4.69) is 20.1 Å². The lowest BCUT2D eigenvalue weighted by Crippen LogP contribution is -2.60. The number of likely N-dealkylation sites (tertiary alicyclic amines) is 1. The van der Waals surface area contributed by atoms with Crippen molar-refractivity contribution in [2.75, 3.05) is 29.5 Å². The van der Waals surface area contributed by atoms with Crippen molar-refractivity contribution in [3.8, 4) is 0 Å². The maximum Gasteiger partial charge on any atom is 0.251 e. The third-order valence-electron chi connectivity index (χ3n) is 9.95. The van der Waals surface area contributed by atoms with Crippen LogP contribution in [0.15, 0.2) is 73.8 Å². The molecule has 1 N–H and O–H groups in total. The number of fused-ring (bicyclic) bond motifs is 1. The number of carbonyl (C=O) groups excluding carboxylic acids is 3. The highest BCUT2D eigenvalue weighted by molar-refractivity contribution is 8.02. The third-order valence-corrected chi connectivity index (χ3v) is 12.0. The minimum absolute atomic E-state index is 0.00841. The first-order valence-corrected chi connectivity index (χ1v) is 16.5. The molecule has 3 heterocycles. The van der Waals surface area contributed by atoms with Crippen molar-refractivity contribution >= 4 is 40.9 Å². The molecule has 3 aliphatic heterocycles. The van der Waals surface area contributed by atoms with E-state index in [1.165, 1.54) is 0 Å². The highest BCUT2D eigenvalue weighted by atomic mass is 32.2.